The summed E-state index contributed by atoms with van der Waals surface area (Å²) in [5.74, 6) is -2.07. The van der Waals surface area contributed by atoms with Crippen molar-refractivity contribution in [1.29, 1.82) is 0 Å². The highest BCUT2D eigenvalue weighted by atomic mass is 32.2. The number of halogens is 2. The summed E-state index contributed by atoms with van der Waals surface area (Å²) in [7, 11) is -4.33. The lowest BCUT2D eigenvalue weighted by Crippen LogP contribution is -2.29. The monoisotopic (exact) mass is 288 g/mol. The van der Waals surface area contributed by atoms with Crippen molar-refractivity contribution in [3.05, 3.63) is 42.0 Å². The molecule has 0 bridgehead atoms. The number of rotatable bonds is 4. The smallest absolute Gasteiger partial charge is 0.247 e. The second-order valence-corrected chi connectivity index (χ2v) is 5.42. The average Bonchev–Trinajstić information content (AvgIpc) is 2.80. The second kappa shape index (κ2) is 5.02. The normalized spacial score (nSPS) is 13.4. The quantitative estimate of drug-likeness (QED) is 0.882. The van der Waals surface area contributed by atoms with E-state index in [1.54, 1.807) is 0 Å². The summed E-state index contributed by atoms with van der Waals surface area (Å²) in [6, 6.07) is 2.03. The fraction of sp³-hybridized carbons (Fsp3) is 0.200. The Bertz CT molecular complexity index is 653. The molecule has 1 unspecified atom stereocenters. The maximum absolute atomic E-state index is 13.4. The number of benzene rings is 1. The number of nitrogens with zero attached hydrogens (tertiary/aromatic N) is 2. The Kier molecular flexibility index (Phi) is 3.58. The zero-order valence-corrected chi connectivity index (χ0v) is 10.6. The van der Waals surface area contributed by atoms with Crippen molar-refractivity contribution >= 4 is 10.0 Å². The molecule has 0 spiro atoms. The number of hydrogen-bond acceptors (Lipinski definition) is 4. The molecule has 0 aliphatic carbocycles. The van der Waals surface area contributed by atoms with Crippen molar-refractivity contribution in [1.82, 2.24) is 19.9 Å². The molecule has 0 radical (unpaired) electrons. The first kappa shape index (κ1) is 13.6. The minimum absolute atomic E-state index is 0.236. The Hall–Kier alpha value is -1.87. The zero-order valence-electron chi connectivity index (χ0n) is 9.76. The van der Waals surface area contributed by atoms with Crippen LogP contribution < -0.4 is 4.72 Å². The minimum Gasteiger partial charge on any atom is -0.262 e. The molecule has 0 fully saturated rings. The molecular weight excluding hydrogens is 278 g/mol. The van der Waals surface area contributed by atoms with E-state index in [1.807, 2.05) is 0 Å². The summed E-state index contributed by atoms with van der Waals surface area (Å²) >= 11 is 0. The molecule has 9 heteroatoms. The van der Waals surface area contributed by atoms with Crippen LogP contribution in [-0.4, -0.2) is 23.6 Å². The van der Waals surface area contributed by atoms with Gasteiger partial charge in [0.05, 0.1) is 6.04 Å². The molecular formula is C10H10F2N4O2S. The van der Waals surface area contributed by atoms with Crippen LogP contribution in [0, 0.1) is 11.6 Å². The Balaban J connectivity index is 2.33. The van der Waals surface area contributed by atoms with Gasteiger partial charge in [0.1, 0.15) is 23.8 Å². The van der Waals surface area contributed by atoms with Crippen LogP contribution in [0.25, 0.3) is 0 Å². The predicted octanol–water partition coefficient (Wildman–Crippen LogP) is 1.12. The lowest BCUT2D eigenvalue weighted by atomic mass is 10.3. The number of aromatic nitrogens is 3. The third-order valence-electron chi connectivity index (χ3n) is 2.36. The third-order valence-corrected chi connectivity index (χ3v) is 3.95. The fourth-order valence-corrected chi connectivity index (χ4v) is 2.85. The number of H-pyrrole nitrogens is 1. The van der Waals surface area contributed by atoms with Gasteiger partial charge in [-0.3, -0.25) is 5.10 Å². The van der Waals surface area contributed by atoms with Gasteiger partial charge in [-0.25, -0.2) is 26.9 Å². The van der Waals surface area contributed by atoms with Gasteiger partial charge in [0.25, 0.3) is 0 Å². The number of hydrogen-bond donors (Lipinski definition) is 2. The van der Waals surface area contributed by atoms with E-state index in [0.717, 1.165) is 18.2 Å². The fourth-order valence-electron chi connectivity index (χ4n) is 1.51. The molecule has 102 valence electrons. The predicted molar refractivity (Wildman–Crippen MR) is 61.5 cm³/mol. The van der Waals surface area contributed by atoms with Gasteiger partial charge >= 0.3 is 0 Å². The van der Waals surface area contributed by atoms with E-state index in [9.17, 15) is 17.2 Å². The average molecular weight is 288 g/mol. The van der Waals surface area contributed by atoms with Gasteiger partial charge in [-0.15, -0.1) is 0 Å². The van der Waals surface area contributed by atoms with Crippen LogP contribution in [0.15, 0.2) is 29.4 Å². The highest BCUT2D eigenvalue weighted by Gasteiger charge is 2.26. The lowest BCUT2D eigenvalue weighted by molar-refractivity contribution is 0.507. The summed E-state index contributed by atoms with van der Waals surface area (Å²) < 4.78 is 52.9. The third kappa shape index (κ3) is 2.76. The zero-order chi connectivity index (χ0) is 14.0. The first-order valence-electron chi connectivity index (χ1n) is 5.23. The van der Waals surface area contributed by atoms with Crippen molar-refractivity contribution in [3.8, 4) is 0 Å². The maximum Gasteiger partial charge on any atom is 0.247 e. The summed E-state index contributed by atoms with van der Waals surface area (Å²) in [6.45, 7) is 1.47. The molecule has 2 N–H and O–H groups in total. The van der Waals surface area contributed by atoms with E-state index >= 15 is 0 Å². The molecule has 0 aliphatic heterocycles. The second-order valence-electron chi connectivity index (χ2n) is 3.76. The summed E-state index contributed by atoms with van der Waals surface area (Å²) in [6.07, 6.45) is 1.20. The minimum atomic E-state index is -4.33. The highest BCUT2D eigenvalue weighted by molar-refractivity contribution is 7.89. The Morgan fingerprint density at radius 1 is 1.32 bits per heavy atom. The van der Waals surface area contributed by atoms with Crippen LogP contribution in [0.1, 0.15) is 18.8 Å². The number of sulfonamides is 1. The van der Waals surface area contributed by atoms with Gasteiger partial charge in [0.2, 0.25) is 10.0 Å². The summed E-state index contributed by atoms with van der Waals surface area (Å²) in [5, 5.41) is 6.03. The highest BCUT2D eigenvalue weighted by Crippen LogP contribution is 2.20. The molecule has 1 atom stereocenters. The van der Waals surface area contributed by atoms with E-state index in [1.165, 1.54) is 13.3 Å². The van der Waals surface area contributed by atoms with E-state index in [-0.39, 0.29) is 5.82 Å². The summed E-state index contributed by atoms with van der Waals surface area (Å²) in [4.78, 5) is 2.75. The summed E-state index contributed by atoms with van der Waals surface area (Å²) in [5.41, 5.74) is 0. The molecule has 1 aromatic heterocycles. The van der Waals surface area contributed by atoms with E-state index in [2.05, 4.69) is 19.9 Å². The Morgan fingerprint density at radius 3 is 2.47 bits per heavy atom. The van der Waals surface area contributed by atoms with Crippen molar-refractivity contribution in [3.63, 3.8) is 0 Å². The molecule has 0 saturated heterocycles. The van der Waals surface area contributed by atoms with Crippen LogP contribution in [0.2, 0.25) is 0 Å². The largest absolute Gasteiger partial charge is 0.262 e. The van der Waals surface area contributed by atoms with Crippen molar-refractivity contribution in [2.75, 3.05) is 0 Å². The number of nitrogens with one attached hydrogen (secondary N) is 2. The van der Waals surface area contributed by atoms with Gasteiger partial charge in [-0.1, -0.05) is 6.07 Å². The molecule has 2 aromatic rings. The van der Waals surface area contributed by atoms with Crippen LogP contribution in [0.5, 0.6) is 0 Å². The first-order valence-corrected chi connectivity index (χ1v) is 6.72. The van der Waals surface area contributed by atoms with Gasteiger partial charge < -0.3 is 0 Å². The standard InChI is InChI=1S/C10H10F2N4O2S/c1-6(10-13-5-14-15-10)16-19(17,18)9-7(11)3-2-4-8(9)12/h2-6,16H,1H3,(H,13,14,15). The van der Waals surface area contributed by atoms with Gasteiger partial charge in [0, 0.05) is 0 Å². The molecule has 2 rings (SSSR count). The van der Waals surface area contributed by atoms with E-state index in [0.29, 0.717) is 0 Å². The molecule has 1 heterocycles. The van der Waals surface area contributed by atoms with E-state index < -0.39 is 32.6 Å². The molecule has 0 saturated carbocycles. The topological polar surface area (TPSA) is 87.7 Å². The van der Waals surface area contributed by atoms with Crippen LogP contribution in [0.3, 0.4) is 0 Å². The van der Waals surface area contributed by atoms with Crippen molar-refractivity contribution in [2.24, 2.45) is 0 Å². The van der Waals surface area contributed by atoms with Crippen LogP contribution in [-0.2, 0) is 10.0 Å². The Morgan fingerprint density at radius 2 is 1.95 bits per heavy atom. The van der Waals surface area contributed by atoms with Crippen LogP contribution >= 0.6 is 0 Å². The number of aromatic amines is 1. The SMILES string of the molecule is CC(NS(=O)(=O)c1c(F)cccc1F)c1ncn[nH]1. The van der Waals surface area contributed by atoms with E-state index in [4.69, 9.17) is 0 Å². The molecule has 1 aromatic carbocycles. The lowest BCUT2D eigenvalue weighted by Gasteiger charge is -2.12. The van der Waals surface area contributed by atoms with Crippen molar-refractivity contribution in [2.45, 2.75) is 17.9 Å². The van der Waals surface area contributed by atoms with Crippen molar-refractivity contribution < 1.29 is 17.2 Å². The van der Waals surface area contributed by atoms with Gasteiger partial charge in [0.15, 0.2) is 4.90 Å². The molecule has 6 nitrogen and oxygen atoms in total. The van der Waals surface area contributed by atoms with Gasteiger partial charge in [-0.05, 0) is 19.1 Å². The first-order chi connectivity index (χ1) is 8.92. The van der Waals surface area contributed by atoms with Gasteiger partial charge in [-0.2, -0.15) is 5.10 Å². The molecule has 19 heavy (non-hydrogen) atoms. The molecule has 0 aliphatic rings. The maximum atomic E-state index is 13.4. The molecule has 0 amide bonds. The van der Waals surface area contributed by atoms with Crippen LogP contribution in [0.4, 0.5) is 8.78 Å². The Labute approximate surface area is 107 Å².